The fourth-order valence-electron chi connectivity index (χ4n) is 3.74. The van der Waals surface area contributed by atoms with Gasteiger partial charge >= 0.3 is 0 Å². The molecule has 0 radical (unpaired) electrons. The van der Waals surface area contributed by atoms with Crippen LogP contribution in [0.5, 0.6) is 0 Å². The molecule has 0 spiro atoms. The zero-order valence-corrected chi connectivity index (χ0v) is 15.9. The number of carbonyl (C=O) groups is 1. The molecular weight excluding hydrogens is 364 g/mol. The first kappa shape index (κ1) is 18.1. The minimum absolute atomic E-state index is 0.439. The van der Waals surface area contributed by atoms with Crippen LogP contribution in [0.4, 0.5) is 17.1 Å². The van der Waals surface area contributed by atoms with Crippen molar-refractivity contribution in [1.29, 1.82) is 0 Å². The predicted molar refractivity (Wildman–Crippen MR) is 108 cm³/mol. The standard InChI is InChI=1S/C20H23ClN4O2/c21-16-5-3-7-18-19(16)25(17-6-2-1-4-15(17)20(22)26)14-24(18)9-8-23-10-12-27-13-11-23/h1-7H,8-14H2,(H2,22,26). The topological polar surface area (TPSA) is 62.0 Å². The summed E-state index contributed by atoms with van der Waals surface area (Å²) in [4.78, 5) is 18.7. The van der Waals surface area contributed by atoms with Crippen LogP contribution in [0.1, 0.15) is 10.4 Å². The molecule has 1 saturated heterocycles. The first-order valence-corrected chi connectivity index (χ1v) is 9.53. The lowest BCUT2D eigenvalue weighted by atomic mass is 10.1. The molecule has 4 rings (SSSR count). The Morgan fingerprint density at radius 2 is 1.78 bits per heavy atom. The first-order chi connectivity index (χ1) is 13.1. The van der Waals surface area contributed by atoms with Gasteiger partial charge in [0.25, 0.3) is 5.91 Å². The van der Waals surface area contributed by atoms with Crippen molar-refractivity contribution in [2.45, 2.75) is 0 Å². The van der Waals surface area contributed by atoms with Gasteiger partial charge in [-0.25, -0.2) is 0 Å². The van der Waals surface area contributed by atoms with Crippen molar-refractivity contribution in [2.75, 3.05) is 55.9 Å². The summed E-state index contributed by atoms with van der Waals surface area (Å²) in [5, 5.41) is 0.667. The fraction of sp³-hybridized carbons (Fsp3) is 0.350. The molecule has 1 amide bonds. The predicted octanol–water partition coefficient (Wildman–Crippen LogP) is 2.69. The lowest BCUT2D eigenvalue weighted by Crippen LogP contribution is -2.42. The highest BCUT2D eigenvalue weighted by Crippen LogP contribution is 2.45. The van der Waals surface area contributed by atoms with Crippen LogP contribution in [0.15, 0.2) is 42.5 Å². The quantitative estimate of drug-likeness (QED) is 0.856. The number of nitrogens with zero attached hydrogens (tertiary/aromatic N) is 3. The molecule has 6 nitrogen and oxygen atoms in total. The number of morpholine rings is 1. The lowest BCUT2D eigenvalue weighted by Gasteiger charge is -2.29. The monoisotopic (exact) mass is 386 g/mol. The number of benzene rings is 2. The minimum Gasteiger partial charge on any atom is -0.379 e. The highest BCUT2D eigenvalue weighted by molar-refractivity contribution is 6.34. The number of amides is 1. The van der Waals surface area contributed by atoms with Crippen molar-refractivity contribution >= 4 is 34.6 Å². The third kappa shape index (κ3) is 3.60. The van der Waals surface area contributed by atoms with E-state index in [1.165, 1.54) is 0 Å². The molecule has 2 aromatic carbocycles. The Balaban J connectivity index is 1.62. The smallest absolute Gasteiger partial charge is 0.250 e. The van der Waals surface area contributed by atoms with Gasteiger partial charge in [-0.05, 0) is 24.3 Å². The number of hydrogen-bond donors (Lipinski definition) is 1. The van der Waals surface area contributed by atoms with E-state index in [-0.39, 0.29) is 0 Å². The van der Waals surface area contributed by atoms with E-state index in [2.05, 4.69) is 20.8 Å². The second-order valence-corrected chi connectivity index (χ2v) is 7.18. The van der Waals surface area contributed by atoms with Gasteiger partial charge in [0, 0.05) is 26.2 Å². The summed E-state index contributed by atoms with van der Waals surface area (Å²) in [5.74, 6) is -0.439. The van der Waals surface area contributed by atoms with Crippen LogP contribution in [-0.2, 0) is 4.74 Å². The highest BCUT2D eigenvalue weighted by atomic mass is 35.5. The molecular formula is C20H23ClN4O2. The molecule has 142 valence electrons. The van der Waals surface area contributed by atoms with Crippen molar-refractivity contribution in [3.05, 3.63) is 53.1 Å². The maximum atomic E-state index is 11.9. The molecule has 0 aromatic heterocycles. The maximum Gasteiger partial charge on any atom is 0.250 e. The number of carbonyl (C=O) groups excluding carboxylic acids is 1. The van der Waals surface area contributed by atoms with Crippen molar-refractivity contribution in [3.63, 3.8) is 0 Å². The molecule has 2 aliphatic heterocycles. The van der Waals surface area contributed by atoms with Crippen molar-refractivity contribution in [2.24, 2.45) is 5.73 Å². The summed E-state index contributed by atoms with van der Waals surface area (Å²) < 4.78 is 5.43. The summed E-state index contributed by atoms with van der Waals surface area (Å²) in [5.41, 5.74) is 8.89. The largest absolute Gasteiger partial charge is 0.379 e. The summed E-state index contributed by atoms with van der Waals surface area (Å²) in [6, 6.07) is 13.3. The van der Waals surface area contributed by atoms with Gasteiger partial charge in [0.1, 0.15) is 0 Å². The van der Waals surface area contributed by atoms with Gasteiger partial charge in [0.05, 0.1) is 47.5 Å². The minimum atomic E-state index is -0.439. The molecule has 27 heavy (non-hydrogen) atoms. The van der Waals surface area contributed by atoms with Gasteiger partial charge in [0.15, 0.2) is 0 Å². The van der Waals surface area contributed by atoms with E-state index >= 15 is 0 Å². The van der Waals surface area contributed by atoms with Crippen molar-refractivity contribution < 1.29 is 9.53 Å². The molecule has 2 aromatic rings. The van der Waals surface area contributed by atoms with E-state index in [0.29, 0.717) is 17.3 Å². The van der Waals surface area contributed by atoms with Gasteiger partial charge in [-0.15, -0.1) is 0 Å². The third-order valence-electron chi connectivity index (χ3n) is 5.14. The number of para-hydroxylation sites is 2. The Bertz CT molecular complexity index is 838. The second-order valence-electron chi connectivity index (χ2n) is 6.78. The molecule has 7 heteroatoms. The Kier molecular flexibility index (Phi) is 5.20. The first-order valence-electron chi connectivity index (χ1n) is 9.15. The number of hydrogen-bond acceptors (Lipinski definition) is 5. The van der Waals surface area contributed by atoms with E-state index in [9.17, 15) is 4.79 Å². The Morgan fingerprint density at radius 1 is 1.04 bits per heavy atom. The fourth-order valence-corrected chi connectivity index (χ4v) is 4.01. The summed E-state index contributed by atoms with van der Waals surface area (Å²) >= 11 is 6.55. The van der Waals surface area contributed by atoms with E-state index in [1.54, 1.807) is 6.07 Å². The lowest BCUT2D eigenvalue weighted by molar-refractivity contribution is 0.0392. The molecule has 0 unspecified atom stereocenters. The zero-order chi connectivity index (χ0) is 18.8. The molecule has 2 aliphatic rings. The zero-order valence-electron chi connectivity index (χ0n) is 15.1. The van der Waals surface area contributed by atoms with Gasteiger partial charge in [-0.1, -0.05) is 29.8 Å². The number of anilines is 3. The van der Waals surface area contributed by atoms with Crippen LogP contribution in [-0.4, -0.2) is 56.9 Å². The summed E-state index contributed by atoms with van der Waals surface area (Å²) in [7, 11) is 0. The number of fused-ring (bicyclic) bond motifs is 1. The number of nitrogens with two attached hydrogens (primary N) is 1. The van der Waals surface area contributed by atoms with Gasteiger partial charge < -0.3 is 20.3 Å². The van der Waals surface area contributed by atoms with Gasteiger partial charge in [0.2, 0.25) is 0 Å². The number of ether oxygens (including phenoxy) is 1. The number of halogens is 1. The van der Waals surface area contributed by atoms with E-state index in [4.69, 9.17) is 22.1 Å². The van der Waals surface area contributed by atoms with Crippen molar-refractivity contribution in [1.82, 2.24) is 4.90 Å². The van der Waals surface area contributed by atoms with Crippen LogP contribution in [0.25, 0.3) is 0 Å². The van der Waals surface area contributed by atoms with E-state index in [1.807, 2.05) is 30.3 Å². The normalized spacial score (nSPS) is 17.2. The Morgan fingerprint density at radius 3 is 2.56 bits per heavy atom. The van der Waals surface area contributed by atoms with E-state index in [0.717, 1.165) is 56.5 Å². The molecule has 0 atom stereocenters. The second kappa shape index (κ2) is 7.76. The number of rotatable bonds is 5. The van der Waals surface area contributed by atoms with Crippen molar-refractivity contribution in [3.8, 4) is 0 Å². The highest BCUT2D eigenvalue weighted by Gasteiger charge is 2.31. The third-order valence-corrected chi connectivity index (χ3v) is 5.44. The Labute approximate surface area is 164 Å². The molecule has 1 fully saturated rings. The molecule has 0 saturated carbocycles. The SMILES string of the molecule is NC(=O)c1ccccc1N1CN(CCN2CCOCC2)c2cccc(Cl)c21. The Hall–Kier alpha value is -2.28. The molecule has 2 N–H and O–H groups in total. The average Bonchev–Trinajstić information content (AvgIpc) is 3.07. The average molecular weight is 387 g/mol. The maximum absolute atomic E-state index is 11.9. The van der Waals surface area contributed by atoms with Crippen LogP contribution in [0, 0.1) is 0 Å². The van der Waals surface area contributed by atoms with Crippen LogP contribution in [0.3, 0.4) is 0 Å². The summed E-state index contributed by atoms with van der Waals surface area (Å²) in [6.45, 7) is 5.98. The van der Waals surface area contributed by atoms with Crippen LogP contribution < -0.4 is 15.5 Å². The van der Waals surface area contributed by atoms with E-state index < -0.39 is 5.91 Å². The van der Waals surface area contributed by atoms with Crippen LogP contribution in [0.2, 0.25) is 5.02 Å². The molecule has 2 heterocycles. The molecule has 0 bridgehead atoms. The molecule has 0 aliphatic carbocycles. The van der Waals surface area contributed by atoms with Gasteiger partial charge in [-0.3, -0.25) is 9.69 Å². The summed E-state index contributed by atoms with van der Waals surface area (Å²) in [6.07, 6.45) is 0. The van der Waals surface area contributed by atoms with Crippen LogP contribution >= 0.6 is 11.6 Å². The van der Waals surface area contributed by atoms with Gasteiger partial charge in [-0.2, -0.15) is 0 Å². The number of primary amides is 1.